The lowest BCUT2D eigenvalue weighted by Crippen LogP contribution is -2.30. The monoisotopic (exact) mass is 205 g/mol. The zero-order valence-electron chi connectivity index (χ0n) is 9.48. The summed E-state index contributed by atoms with van der Waals surface area (Å²) in [4.78, 5) is 2.33. The highest BCUT2D eigenvalue weighted by atomic mass is 16.3. The van der Waals surface area contributed by atoms with Crippen LogP contribution < -0.4 is 4.90 Å². The topological polar surface area (TPSA) is 23.5 Å². The number of hydrogen-bond donors (Lipinski definition) is 1. The number of benzene rings is 1. The van der Waals surface area contributed by atoms with Crippen LogP contribution in [0.3, 0.4) is 0 Å². The van der Waals surface area contributed by atoms with Gasteiger partial charge in [-0.1, -0.05) is 12.1 Å². The molecule has 0 amide bonds. The fourth-order valence-corrected chi connectivity index (χ4v) is 1.97. The van der Waals surface area contributed by atoms with Crippen LogP contribution in [-0.4, -0.2) is 18.2 Å². The molecule has 0 bridgehead atoms. The molecule has 2 heteroatoms. The van der Waals surface area contributed by atoms with Gasteiger partial charge in [0.05, 0.1) is 6.61 Å². The van der Waals surface area contributed by atoms with Crippen molar-refractivity contribution in [2.45, 2.75) is 32.4 Å². The molecule has 1 aliphatic carbocycles. The van der Waals surface area contributed by atoms with E-state index in [-0.39, 0.29) is 6.61 Å². The van der Waals surface area contributed by atoms with E-state index < -0.39 is 0 Å². The Balaban J connectivity index is 2.07. The third-order valence-corrected chi connectivity index (χ3v) is 3.44. The minimum absolute atomic E-state index is 0.127. The molecule has 1 N–H and O–H groups in total. The van der Waals surface area contributed by atoms with E-state index in [1.165, 1.54) is 18.5 Å². The van der Waals surface area contributed by atoms with Crippen LogP contribution in [0, 0.1) is 5.92 Å². The average molecular weight is 205 g/mol. The molecule has 0 spiro atoms. The molecule has 2 nitrogen and oxygen atoms in total. The first kappa shape index (κ1) is 10.5. The van der Waals surface area contributed by atoms with Gasteiger partial charge in [0, 0.05) is 18.8 Å². The van der Waals surface area contributed by atoms with E-state index in [4.69, 9.17) is 5.11 Å². The molecule has 1 atom stereocenters. The maximum atomic E-state index is 8.96. The van der Waals surface area contributed by atoms with Gasteiger partial charge >= 0.3 is 0 Å². The number of nitrogens with zero attached hydrogens (tertiary/aromatic N) is 1. The van der Waals surface area contributed by atoms with Gasteiger partial charge in [-0.05, 0) is 43.4 Å². The predicted octanol–water partition coefficient (Wildman–Crippen LogP) is 2.41. The number of anilines is 1. The van der Waals surface area contributed by atoms with Gasteiger partial charge in [-0.25, -0.2) is 0 Å². The first-order valence-corrected chi connectivity index (χ1v) is 5.65. The maximum Gasteiger partial charge on any atom is 0.0681 e. The molecular formula is C13H19NO. The maximum absolute atomic E-state index is 8.96. The highest BCUT2D eigenvalue weighted by Gasteiger charge is 2.30. The van der Waals surface area contributed by atoms with Gasteiger partial charge in [-0.2, -0.15) is 0 Å². The summed E-state index contributed by atoms with van der Waals surface area (Å²) in [5, 5.41) is 8.96. The highest BCUT2D eigenvalue weighted by molar-refractivity contribution is 5.48. The molecule has 1 aromatic carbocycles. The molecule has 0 saturated heterocycles. The van der Waals surface area contributed by atoms with Crippen LogP contribution in [0.5, 0.6) is 0 Å². The van der Waals surface area contributed by atoms with Crippen LogP contribution in [0.15, 0.2) is 24.3 Å². The Kier molecular flexibility index (Phi) is 2.96. The lowest BCUT2D eigenvalue weighted by atomic mass is 10.1. The fourth-order valence-electron chi connectivity index (χ4n) is 1.97. The number of aliphatic hydroxyl groups excluding tert-OH is 1. The van der Waals surface area contributed by atoms with E-state index in [2.05, 4.69) is 31.0 Å². The van der Waals surface area contributed by atoms with Crippen molar-refractivity contribution in [1.82, 2.24) is 0 Å². The molecule has 1 aromatic rings. The molecule has 1 saturated carbocycles. The molecule has 2 rings (SSSR count). The van der Waals surface area contributed by atoms with Crippen LogP contribution in [0.4, 0.5) is 5.69 Å². The lowest BCUT2D eigenvalue weighted by molar-refractivity contribution is 0.282. The Hall–Kier alpha value is -1.02. The van der Waals surface area contributed by atoms with Crippen molar-refractivity contribution < 1.29 is 5.11 Å². The molecule has 15 heavy (non-hydrogen) atoms. The molecule has 0 aromatic heterocycles. The van der Waals surface area contributed by atoms with Crippen molar-refractivity contribution in [2.24, 2.45) is 5.92 Å². The highest BCUT2D eigenvalue weighted by Crippen LogP contribution is 2.36. The zero-order valence-corrected chi connectivity index (χ0v) is 9.48. The van der Waals surface area contributed by atoms with Crippen molar-refractivity contribution in [3.63, 3.8) is 0 Å². The standard InChI is InChI=1S/C13H19NO/c1-10(12-5-6-12)14(2)13-7-3-11(9-15)4-8-13/h3-4,7-8,10,12,15H,5-6,9H2,1-2H3. The van der Waals surface area contributed by atoms with E-state index >= 15 is 0 Å². The minimum atomic E-state index is 0.127. The predicted molar refractivity (Wildman–Crippen MR) is 63.0 cm³/mol. The molecule has 1 unspecified atom stereocenters. The smallest absolute Gasteiger partial charge is 0.0681 e. The summed E-state index contributed by atoms with van der Waals surface area (Å²) in [7, 11) is 2.15. The van der Waals surface area contributed by atoms with Crippen LogP contribution in [0.1, 0.15) is 25.3 Å². The van der Waals surface area contributed by atoms with Crippen LogP contribution >= 0.6 is 0 Å². The van der Waals surface area contributed by atoms with Crippen LogP contribution in [0.2, 0.25) is 0 Å². The number of rotatable bonds is 4. The van der Waals surface area contributed by atoms with Gasteiger partial charge in [0.1, 0.15) is 0 Å². The molecule has 0 heterocycles. The second-order valence-corrected chi connectivity index (χ2v) is 4.51. The summed E-state index contributed by atoms with van der Waals surface area (Å²) < 4.78 is 0. The number of hydrogen-bond acceptors (Lipinski definition) is 2. The van der Waals surface area contributed by atoms with E-state index in [0.29, 0.717) is 6.04 Å². The fraction of sp³-hybridized carbons (Fsp3) is 0.538. The number of aliphatic hydroxyl groups is 1. The van der Waals surface area contributed by atoms with Gasteiger partial charge in [0.15, 0.2) is 0 Å². The summed E-state index contributed by atoms with van der Waals surface area (Å²) in [6, 6.07) is 8.79. The average Bonchev–Trinajstić information content (AvgIpc) is 3.11. The Bertz CT molecular complexity index is 316. The summed E-state index contributed by atoms with van der Waals surface area (Å²) in [6.45, 7) is 2.42. The Morgan fingerprint density at radius 1 is 1.33 bits per heavy atom. The second kappa shape index (κ2) is 4.23. The van der Waals surface area contributed by atoms with Crippen molar-refractivity contribution >= 4 is 5.69 Å². The van der Waals surface area contributed by atoms with E-state index in [1.807, 2.05) is 12.1 Å². The molecular weight excluding hydrogens is 186 g/mol. The second-order valence-electron chi connectivity index (χ2n) is 4.51. The van der Waals surface area contributed by atoms with E-state index in [9.17, 15) is 0 Å². The van der Waals surface area contributed by atoms with Crippen molar-refractivity contribution in [2.75, 3.05) is 11.9 Å². The molecule has 82 valence electrons. The minimum Gasteiger partial charge on any atom is -0.392 e. The van der Waals surface area contributed by atoms with Gasteiger partial charge in [-0.15, -0.1) is 0 Å². The Morgan fingerprint density at radius 3 is 2.40 bits per heavy atom. The molecule has 0 radical (unpaired) electrons. The molecule has 0 aliphatic heterocycles. The first-order chi connectivity index (χ1) is 7.22. The molecule has 1 aliphatic rings. The summed E-state index contributed by atoms with van der Waals surface area (Å²) in [5.41, 5.74) is 2.22. The van der Waals surface area contributed by atoms with Gasteiger partial charge in [0.25, 0.3) is 0 Å². The third kappa shape index (κ3) is 2.32. The summed E-state index contributed by atoms with van der Waals surface area (Å²) >= 11 is 0. The van der Waals surface area contributed by atoms with Gasteiger partial charge < -0.3 is 10.0 Å². The van der Waals surface area contributed by atoms with E-state index in [0.717, 1.165) is 11.5 Å². The van der Waals surface area contributed by atoms with Crippen LogP contribution in [-0.2, 0) is 6.61 Å². The first-order valence-electron chi connectivity index (χ1n) is 5.65. The van der Waals surface area contributed by atoms with Gasteiger partial charge in [-0.3, -0.25) is 0 Å². The lowest BCUT2D eigenvalue weighted by Gasteiger charge is -2.27. The Morgan fingerprint density at radius 2 is 1.93 bits per heavy atom. The summed E-state index contributed by atoms with van der Waals surface area (Å²) in [6.07, 6.45) is 2.75. The zero-order chi connectivity index (χ0) is 10.8. The van der Waals surface area contributed by atoms with Crippen LogP contribution in [0.25, 0.3) is 0 Å². The van der Waals surface area contributed by atoms with E-state index in [1.54, 1.807) is 0 Å². The summed E-state index contributed by atoms with van der Waals surface area (Å²) in [5.74, 6) is 0.882. The van der Waals surface area contributed by atoms with Crippen molar-refractivity contribution in [1.29, 1.82) is 0 Å². The molecule has 1 fully saturated rings. The SMILES string of the molecule is CC(C1CC1)N(C)c1ccc(CO)cc1. The third-order valence-electron chi connectivity index (χ3n) is 3.44. The van der Waals surface area contributed by atoms with Gasteiger partial charge in [0.2, 0.25) is 0 Å². The Labute approximate surface area is 91.5 Å². The normalized spacial score (nSPS) is 17.5. The van der Waals surface area contributed by atoms with Crippen molar-refractivity contribution in [3.8, 4) is 0 Å². The van der Waals surface area contributed by atoms with Crippen molar-refractivity contribution in [3.05, 3.63) is 29.8 Å². The largest absolute Gasteiger partial charge is 0.392 e. The quantitative estimate of drug-likeness (QED) is 0.816.